The molecule has 0 bridgehead atoms. The second-order valence-electron chi connectivity index (χ2n) is 4.51. The summed E-state index contributed by atoms with van der Waals surface area (Å²) in [6.45, 7) is 0. The third-order valence-electron chi connectivity index (χ3n) is 2.96. The summed E-state index contributed by atoms with van der Waals surface area (Å²) in [5.74, 6) is -0.942. The molecule has 0 saturated heterocycles. The van der Waals surface area contributed by atoms with Crippen LogP contribution in [-0.4, -0.2) is 12.3 Å². The zero-order valence-electron chi connectivity index (χ0n) is 10.9. The molecule has 0 unspecified atom stereocenters. The van der Waals surface area contributed by atoms with Crippen LogP contribution in [0.4, 0.5) is 23.7 Å². The number of carbonyl (C=O) groups excluding carboxylic acids is 1. The number of fused-ring (bicyclic) bond motifs is 1. The minimum Gasteiger partial charge on any atom is -0.395 e. The first-order valence-electron chi connectivity index (χ1n) is 6.10. The van der Waals surface area contributed by atoms with Crippen molar-refractivity contribution in [3.63, 3.8) is 0 Å². The molecule has 2 aromatic rings. The topological polar surface area (TPSA) is 73.6 Å². The molecule has 0 aromatic heterocycles. The van der Waals surface area contributed by atoms with Crippen molar-refractivity contribution >= 4 is 11.7 Å². The van der Waals surface area contributed by atoms with Gasteiger partial charge in [0.15, 0.2) is 11.5 Å². The molecular weight excluding hydrogens is 301 g/mol. The number of halogens is 3. The number of hydrogen-bond donors (Lipinski definition) is 2. The van der Waals surface area contributed by atoms with E-state index in [9.17, 15) is 18.0 Å². The van der Waals surface area contributed by atoms with Crippen molar-refractivity contribution in [2.45, 2.75) is 6.29 Å². The predicted octanol–water partition coefficient (Wildman–Crippen LogP) is 3.30. The third-order valence-corrected chi connectivity index (χ3v) is 2.96. The van der Waals surface area contributed by atoms with Gasteiger partial charge < -0.3 is 20.5 Å². The van der Waals surface area contributed by atoms with Crippen LogP contribution < -0.4 is 20.5 Å². The number of nitrogens with two attached hydrogens (primary N) is 1. The lowest BCUT2D eigenvalue weighted by molar-refractivity contribution is -0.286. The summed E-state index contributed by atoms with van der Waals surface area (Å²) in [5, 5.41) is 2.12. The highest BCUT2D eigenvalue weighted by Gasteiger charge is 2.43. The van der Waals surface area contributed by atoms with Gasteiger partial charge in [0, 0.05) is 0 Å². The van der Waals surface area contributed by atoms with E-state index in [4.69, 9.17) is 5.73 Å². The number of nitrogens with one attached hydrogen (secondary N) is 1. The summed E-state index contributed by atoms with van der Waals surface area (Å²) < 4.78 is 48.4. The summed E-state index contributed by atoms with van der Waals surface area (Å²) >= 11 is 0. The maximum Gasteiger partial charge on any atom is 0.586 e. The second kappa shape index (κ2) is 4.83. The normalized spacial score (nSPS) is 14.7. The van der Waals surface area contributed by atoms with Gasteiger partial charge in [-0.15, -0.1) is 8.78 Å². The fourth-order valence-corrected chi connectivity index (χ4v) is 2.06. The number of urea groups is 1. The van der Waals surface area contributed by atoms with E-state index in [2.05, 4.69) is 14.8 Å². The Bertz CT molecular complexity index is 765. The largest absolute Gasteiger partial charge is 0.586 e. The molecular formula is C14H9F3N2O3. The number of alkyl halides is 2. The number of amides is 2. The van der Waals surface area contributed by atoms with Gasteiger partial charge in [-0.1, -0.05) is 12.1 Å². The first-order chi connectivity index (χ1) is 10.3. The quantitative estimate of drug-likeness (QED) is 0.893. The van der Waals surface area contributed by atoms with Gasteiger partial charge in [-0.2, -0.15) is 0 Å². The molecule has 1 aliphatic rings. The summed E-state index contributed by atoms with van der Waals surface area (Å²) in [5.41, 5.74) is 5.69. The predicted molar refractivity (Wildman–Crippen MR) is 71.2 cm³/mol. The maximum absolute atomic E-state index is 13.8. The van der Waals surface area contributed by atoms with Crippen molar-refractivity contribution in [3.8, 4) is 22.6 Å². The number of benzene rings is 2. The summed E-state index contributed by atoms with van der Waals surface area (Å²) in [7, 11) is 0. The number of rotatable bonds is 2. The molecule has 3 N–H and O–H groups in total. The minimum absolute atomic E-state index is 0.0801. The van der Waals surface area contributed by atoms with Gasteiger partial charge in [0.05, 0.1) is 5.69 Å². The zero-order valence-corrected chi connectivity index (χ0v) is 10.9. The van der Waals surface area contributed by atoms with Gasteiger partial charge in [0.25, 0.3) is 0 Å². The molecule has 2 amide bonds. The van der Waals surface area contributed by atoms with E-state index in [0.29, 0.717) is 11.1 Å². The van der Waals surface area contributed by atoms with Crippen LogP contribution in [0.2, 0.25) is 0 Å². The third kappa shape index (κ3) is 2.62. The molecule has 0 atom stereocenters. The number of hydrogen-bond acceptors (Lipinski definition) is 3. The van der Waals surface area contributed by atoms with E-state index in [1.165, 1.54) is 30.3 Å². The van der Waals surface area contributed by atoms with E-state index < -0.39 is 18.1 Å². The number of ether oxygens (including phenoxy) is 2. The SMILES string of the molecule is NC(=O)Nc1ccc(-c2ccc3c(c2)OC(F)(F)O3)cc1F. The standard InChI is InChI=1S/C14H9F3N2O3/c15-9-5-7(1-3-10(9)19-13(18)20)8-2-4-11-12(6-8)22-14(16,17)21-11/h1-6H,(H3,18,19,20). The summed E-state index contributed by atoms with van der Waals surface area (Å²) in [4.78, 5) is 10.7. The Morgan fingerprint density at radius 1 is 1.05 bits per heavy atom. The Morgan fingerprint density at radius 2 is 1.68 bits per heavy atom. The summed E-state index contributed by atoms with van der Waals surface area (Å²) in [6.07, 6.45) is -3.71. The lowest BCUT2D eigenvalue weighted by atomic mass is 10.0. The number of anilines is 1. The van der Waals surface area contributed by atoms with Gasteiger partial charge in [-0.3, -0.25) is 0 Å². The smallest absolute Gasteiger partial charge is 0.395 e. The van der Waals surface area contributed by atoms with Crippen LogP contribution in [0.1, 0.15) is 0 Å². The molecule has 2 aromatic carbocycles. The monoisotopic (exact) mass is 310 g/mol. The lowest BCUT2D eigenvalue weighted by Crippen LogP contribution is -2.25. The van der Waals surface area contributed by atoms with E-state index in [1.807, 2.05) is 0 Å². The minimum atomic E-state index is -3.71. The highest BCUT2D eigenvalue weighted by molar-refractivity contribution is 5.88. The van der Waals surface area contributed by atoms with E-state index >= 15 is 0 Å². The van der Waals surface area contributed by atoms with Crippen molar-refractivity contribution in [2.75, 3.05) is 5.32 Å². The zero-order chi connectivity index (χ0) is 15.9. The van der Waals surface area contributed by atoms with Crippen LogP contribution >= 0.6 is 0 Å². The molecule has 0 fully saturated rings. The van der Waals surface area contributed by atoms with Crippen LogP contribution in [-0.2, 0) is 0 Å². The van der Waals surface area contributed by atoms with E-state index in [-0.39, 0.29) is 17.2 Å². The van der Waals surface area contributed by atoms with Crippen LogP contribution in [0, 0.1) is 5.82 Å². The molecule has 114 valence electrons. The highest BCUT2D eigenvalue weighted by atomic mass is 19.3. The summed E-state index contributed by atoms with van der Waals surface area (Å²) in [6, 6.07) is 7.17. The Morgan fingerprint density at radius 3 is 2.36 bits per heavy atom. The van der Waals surface area contributed by atoms with Crippen molar-refractivity contribution in [3.05, 3.63) is 42.2 Å². The van der Waals surface area contributed by atoms with Crippen LogP contribution in [0.15, 0.2) is 36.4 Å². The Balaban J connectivity index is 1.93. The Labute approximate surface area is 122 Å². The molecule has 0 aliphatic carbocycles. The molecule has 8 heteroatoms. The Kier molecular flexibility index (Phi) is 3.09. The molecule has 0 radical (unpaired) electrons. The molecule has 0 saturated carbocycles. The van der Waals surface area contributed by atoms with Crippen LogP contribution in [0.5, 0.6) is 11.5 Å². The molecule has 0 spiro atoms. The maximum atomic E-state index is 13.8. The average Bonchev–Trinajstić information content (AvgIpc) is 2.73. The molecule has 3 rings (SSSR count). The fourth-order valence-electron chi connectivity index (χ4n) is 2.06. The van der Waals surface area contributed by atoms with Gasteiger partial charge in [0.2, 0.25) is 0 Å². The van der Waals surface area contributed by atoms with Gasteiger partial charge in [-0.05, 0) is 35.4 Å². The fraction of sp³-hybridized carbons (Fsp3) is 0.0714. The van der Waals surface area contributed by atoms with E-state index in [1.54, 1.807) is 0 Å². The molecule has 22 heavy (non-hydrogen) atoms. The molecule has 1 aliphatic heterocycles. The number of carbonyl (C=O) groups is 1. The molecule has 5 nitrogen and oxygen atoms in total. The first-order valence-corrected chi connectivity index (χ1v) is 6.10. The van der Waals surface area contributed by atoms with Crippen LogP contribution in [0.3, 0.4) is 0 Å². The Hall–Kier alpha value is -2.90. The van der Waals surface area contributed by atoms with Crippen molar-refractivity contribution in [1.82, 2.24) is 0 Å². The van der Waals surface area contributed by atoms with Crippen molar-refractivity contribution in [1.29, 1.82) is 0 Å². The van der Waals surface area contributed by atoms with Crippen molar-refractivity contribution < 1.29 is 27.4 Å². The molecule has 1 heterocycles. The average molecular weight is 310 g/mol. The second-order valence-corrected chi connectivity index (χ2v) is 4.51. The van der Waals surface area contributed by atoms with Gasteiger partial charge in [0.1, 0.15) is 5.82 Å². The van der Waals surface area contributed by atoms with E-state index in [0.717, 1.165) is 6.07 Å². The first kappa shape index (κ1) is 14.1. The van der Waals surface area contributed by atoms with Crippen LogP contribution in [0.25, 0.3) is 11.1 Å². The number of primary amides is 1. The lowest BCUT2D eigenvalue weighted by Gasteiger charge is -2.07. The van der Waals surface area contributed by atoms with Gasteiger partial charge >= 0.3 is 12.3 Å². The van der Waals surface area contributed by atoms with Crippen molar-refractivity contribution in [2.24, 2.45) is 5.73 Å². The highest BCUT2D eigenvalue weighted by Crippen LogP contribution is 2.43. The van der Waals surface area contributed by atoms with Gasteiger partial charge in [-0.25, -0.2) is 9.18 Å².